The third kappa shape index (κ3) is 2.30. The Hall–Kier alpha value is -0.380. The Morgan fingerprint density at radius 2 is 2.08 bits per heavy atom. The second kappa shape index (κ2) is 5.30. The molecule has 2 heterocycles. The van der Waals surface area contributed by atoms with Crippen LogP contribution in [0.3, 0.4) is 0 Å². The molecule has 0 atom stereocenters. The number of hydrogen-bond donors (Lipinski definition) is 1. The average molecular weight is 208 g/mol. The fourth-order valence-corrected chi connectivity index (χ4v) is 1.04. The summed E-state index contributed by atoms with van der Waals surface area (Å²) in [5.41, 5.74) is 1.16. The minimum Gasteiger partial charge on any atom is -0.315 e. The van der Waals surface area contributed by atoms with Crippen LogP contribution >= 0.6 is 24.8 Å². The molecule has 1 aliphatic heterocycles. The highest BCUT2D eigenvalue weighted by atomic mass is 35.5. The van der Waals surface area contributed by atoms with Gasteiger partial charge in [0.15, 0.2) is 0 Å². The van der Waals surface area contributed by atoms with Gasteiger partial charge < -0.3 is 5.32 Å². The second-order valence-electron chi connectivity index (χ2n) is 2.49. The monoisotopic (exact) mass is 207 g/mol. The van der Waals surface area contributed by atoms with Crippen molar-refractivity contribution in [2.75, 3.05) is 13.1 Å². The Morgan fingerprint density at radius 1 is 1.33 bits per heavy atom. The van der Waals surface area contributed by atoms with Crippen LogP contribution in [-0.2, 0) is 0 Å². The first-order chi connectivity index (χ1) is 4.97. The first-order valence-corrected chi connectivity index (χ1v) is 3.43. The van der Waals surface area contributed by atoms with Gasteiger partial charge in [-0.2, -0.15) is 0 Å². The summed E-state index contributed by atoms with van der Waals surface area (Å²) in [6, 6.07) is 1.98. The largest absolute Gasteiger partial charge is 0.315 e. The molecule has 0 amide bonds. The molecule has 1 aliphatic rings. The lowest BCUT2D eigenvalue weighted by Gasteiger charge is -2.25. The van der Waals surface area contributed by atoms with Crippen LogP contribution in [0.5, 0.6) is 0 Å². The van der Waals surface area contributed by atoms with Gasteiger partial charge in [-0.15, -0.1) is 24.8 Å². The second-order valence-corrected chi connectivity index (χ2v) is 2.49. The molecule has 2 rings (SSSR count). The fourth-order valence-electron chi connectivity index (χ4n) is 1.04. The first kappa shape index (κ1) is 11.6. The third-order valence-electron chi connectivity index (χ3n) is 1.80. The SMILES string of the molecule is Cl.Cl.c1cc(C2CNC2)ncn1. The van der Waals surface area contributed by atoms with Crippen molar-refractivity contribution < 1.29 is 0 Å². The van der Waals surface area contributed by atoms with E-state index in [4.69, 9.17) is 0 Å². The van der Waals surface area contributed by atoms with Gasteiger partial charge >= 0.3 is 0 Å². The minimum absolute atomic E-state index is 0. The molecule has 12 heavy (non-hydrogen) atoms. The highest BCUT2D eigenvalue weighted by Gasteiger charge is 2.19. The Kier molecular flexibility index (Phi) is 5.13. The molecule has 1 aromatic heterocycles. The van der Waals surface area contributed by atoms with E-state index in [1.165, 1.54) is 0 Å². The zero-order valence-electron chi connectivity index (χ0n) is 6.43. The predicted molar refractivity (Wildman–Crippen MR) is 52.1 cm³/mol. The van der Waals surface area contributed by atoms with Crippen LogP contribution in [0, 0.1) is 0 Å². The maximum atomic E-state index is 4.15. The van der Waals surface area contributed by atoms with Crippen molar-refractivity contribution in [3.8, 4) is 0 Å². The molecule has 1 saturated heterocycles. The van der Waals surface area contributed by atoms with E-state index in [1.807, 2.05) is 6.07 Å². The summed E-state index contributed by atoms with van der Waals surface area (Å²) in [4.78, 5) is 8.00. The Balaban J connectivity index is 0.000000605. The molecule has 0 aliphatic carbocycles. The molecule has 0 radical (unpaired) electrons. The number of halogens is 2. The highest BCUT2D eigenvalue weighted by Crippen LogP contribution is 2.15. The summed E-state index contributed by atoms with van der Waals surface area (Å²) in [5.74, 6) is 0.628. The van der Waals surface area contributed by atoms with Gasteiger partial charge in [0.1, 0.15) is 6.33 Å². The minimum atomic E-state index is 0. The molecule has 0 bridgehead atoms. The van der Waals surface area contributed by atoms with Crippen molar-refractivity contribution in [1.29, 1.82) is 0 Å². The normalized spacial score (nSPS) is 15.3. The van der Waals surface area contributed by atoms with Crippen LogP contribution in [0.15, 0.2) is 18.6 Å². The van der Waals surface area contributed by atoms with E-state index in [0.29, 0.717) is 5.92 Å². The third-order valence-corrected chi connectivity index (χ3v) is 1.80. The van der Waals surface area contributed by atoms with Crippen molar-refractivity contribution in [1.82, 2.24) is 15.3 Å². The van der Waals surface area contributed by atoms with Crippen molar-refractivity contribution >= 4 is 24.8 Å². The zero-order valence-corrected chi connectivity index (χ0v) is 8.07. The fraction of sp³-hybridized carbons (Fsp3) is 0.429. The Morgan fingerprint density at radius 3 is 2.50 bits per heavy atom. The molecular weight excluding hydrogens is 197 g/mol. The standard InChI is InChI=1S/C7H9N3.2ClH/c1-2-8-5-10-7(1)6-3-9-4-6;;/h1-2,5-6,9H,3-4H2;2*1H. The number of nitrogens with zero attached hydrogens (tertiary/aromatic N) is 2. The summed E-state index contributed by atoms with van der Waals surface area (Å²) in [6.07, 6.45) is 3.40. The van der Waals surface area contributed by atoms with Gasteiger partial charge in [0.2, 0.25) is 0 Å². The van der Waals surface area contributed by atoms with Gasteiger partial charge in [0, 0.05) is 30.9 Å². The van der Waals surface area contributed by atoms with Gasteiger partial charge in [-0.3, -0.25) is 0 Å². The van der Waals surface area contributed by atoms with E-state index in [9.17, 15) is 0 Å². The number of rotatable bonds is 1. The lowest BCUT2D eigenvalue weighted by molar-refractivity contribution is 0.439. The smallest absolute Gasteiger partial charge is 0.115 e. The highest BCUT2D eigenvalue weighted by molar-refractivity contribution is 5.85. The van der Waals surface area contributed by atoms with E-state index in [2.05, 4.69) is 15.3 Å². The van der Waals surface area contributed by atoms with E-state index >= 15 is 0 Å². The molecule has 5 heteroatoms. The molecule has 68 valence electrons. The Bertz CT molecular complexity index is 213. The zero-order chi connectivity index (χ0) is 6.81. The lowest BCUT2D eigenvalue weighted by Crippen LogP contribution is -2.40. The van der Waals surface area contributed by atoms with Crippen LogP contribution in [0.1, 0.15) is 11.6 Å². The van der Waals surface area contributed by atoms with E-state index in [0.717, 1.165) is 18.8 Å². The summed E-state index contributed by atoms with van der Waals surface area (Å²) in [5, 5.41) is 3.20. The topological polar surface area (TPSA) is 37.8 Å². The molecule has 0 unspecified atom stereocenters. The quantitative estimate of drug-likeness (QED) is 0.748. The average Bonchev–Trinajstić information content (AvgIpc) is 1.86. The maximum Gasteiger partial charge on any atom is 0.115 e. The molecule has 3 nitrogen and oxygen atoms in total. The van der Waals surface area contributed by atoms with Gasteiger partial charge in [-0.05, 0) is 6.07 Å². The van der Waals surface area contributed by atoms with Crippen molar-refractivity contribution in [3.05, 3.63) is 24.3 Å². The van der Waals surface area contributed by atoms with E-state index < -0.39 is 0 Å². The van der Waals surface area contributed by atoms with E-state index in [-0.39, 0.29) is 24.8 Å². The summed E-state index contributed by atoms with van der Waals surface area (Å²) in [7, 11) is 0. The van der Waals surface area contributed by atoms with Crippen molar-refractivity contribution in [2.45, 2.75) is 5.92 Å². The molecular formula is C7H11Cl2N3. The van der Waals surface area contributed by atoms with Crippen molar-refractivity contribution in [2.24, 2.45) is 0 Å². The van der Waals surface area contributed by atoms with Crippen LogP contribution in [0.4, 0.5) is 0 Å². The maximum absolute atomic E-state index is 4.15. The number of hydrogen-bond acceptors (Lipinski definition) is 3. The lowest BCUT2D eigenvalue weighted by atomic mass is 9.99. The first-order valence-electron chi connectivity index (χ1n) is 3.43. The molecule has 0 spiro atoms. The molecule has 1 aromatic rings. The predicted octanol–water partition coefficient (Wildman–Crippen LogP) is 1.01. The van der Waals surface area contributed by atoms with Gasteiger partial charge in [-0.1, -0.05) is 0 Å². The molecule has 1 fully saturated rings. The Labute approximate surface area is 83.8 Å². The molecule has 1 N–H and O–H groups in total. The van der Waals surface area contributed by atoms with Crippen LogP contribution < -0.4 is 5.32 Å². The van der Waals surface area contributed by atoms with Crippen molar-refractivity contribution in [3.63, 3.8) is 0 Å². The summed E-state index contributed by atoms with van der Waals surface area (Å²) in [6.45, 7) is 2.13. The van der Waals surface area contributed by atoms with Gasteiger partial charge in [-0.25, -0.2) is 9.97 Å². The van der Waals surface area contributed by atoms with Crippen LogP contribution in [0.25, 0.3) is 0 Å². The van der Waals surface area contributed by atoms with Gasteiger partial charge in [0.05, 0.1) is 0 Å². The summed E-state index contributed by atoms with van der Waals surface area (Å²) < 4.78 is 0. The molecule has 0 aromatic carbocycles. The van der Waals surface area contributed by atoms with Crippen LogP contribution in [-0.4, -0.2) is 23.1 Å². The van der Waals surface area contributed by atoms with E-state index in [1.54, 1.807) is 12.5 Å². The summed E-state index contributed by atoms with van der Waals surface area (Å²) >= 11 is 0. The van der Waals surface area contributed by atoms with Gasteiger partial charge in [0.25, 0.3) is 0 Å². The molecule has 0 saturated carbocycles. The number of nitrogens with one attached hydrogen (secondary N) is 1. The van der Waals surface area contributed by atoms with Crippen LogP contribution in [0.2, 0.25) is 0 Å². The number of aromatic nitrogens is 2.